The molecule has 0 aliphatic rings. The Labute approximate surface area is 131 Å². The SMILES string of the molecule is CC(C)N(Cc1ccc(Cl)c(Cl)c1)C(=O)C(C)(C)CN. The van der Waals surface area contributed by atoms with Gasteiger partial charge in [0.15, 0.2) is 0 Å². The van der Waals surface area contributed by atoms with Crippen LogP contribution in [0.1, 0.15) is 33.3 Å². The van der Waals surface area contributed by atoms with Crippen molar-refractivity contribution in [3.63, 3.8) is 0 Å². The molecule has 0 saturated carbocycles. The van der Waals surface area contributed by atoms with Crippen molar-refractivity contribution in [3.8, 4) is 0 Å². The highest BCUT2D eigenvalue weighted by Crippen LogP contribution is 2.25. The Bertz CT molecular complexity index is 487. The lowest BCUT2D eigenvalue weighted by Crippen LogP contribution is -2.47. The smallest absolute Gasteiger partial charge is 0.230 e. The van der Waals surface area contributed by atoms with Crippen molar-refractivity contribution in [1.29, 1.82) is 0 Å². The number of amides is 1. The quantitative estimate of drug-likeness (QED) is 0.900. The maximum atomic E-state index is 12.6. The fourth-order valence-corrected chi connectivity index (χ4v) is 2.12. The Hall–Kier alpha value is -0.770. The molecule has 5 heteroatoms. The number of nitrogens with two attached hydrogens (primary N) is 1. The first-order valence-corrected chi connectivity index (χ1v) is 7.39. The predicted molar refractivity (Wildman–Crippen MR) is 85.0 cm³/mol. The first kappa shape index (κ1) is 17.3. The van der Waals surface area contributed by atoms with Gasteiger partial charge in [-0.15, -0.1) is 0 Å². The minimum Gasteiger partial charge on any atom is -0.335 e. The molecular weight excluding hydrogens is 295 g/mol. The molecule has 0 fully saturated rings. The zero-order valence-corrected chi connectivity index (χ0v) is 13.9. The van der Waals surface area contributed by atoms with Crippen molar-refractivity contribution in [2.75, 3.05) is 6.54 Å². The van der Waals surface area contributed by atoms with Gasteiger partial charge in [-0.1, -0.05) is 29.3 Å². The summed E-state index contributed by atoms with van der Waals surface area (Å²) in [6.07, 6.45) is 0. The van der Waals surface area contributed by atoms with Crippen molar-refractivity contribution in [2.45, 2.75) is 40.3 Å². The minimum absolute atomic E-state index is 0.0427. The zero-order valence-electron chi connectivity index (χ0n) is 12.4. The van der Waals surface area contributed by atoms with Crippen LogP contribution in [-0.2, 0) is 11.3 Å². The number of carbonyl (C=O) groups excluding carboxylic acids is 1. The van der Waals surface area contributed by atoms with Crippen LogP contribution in [0.15, 0.2) is 18.2 Å². The maximum Gasteiger partial charge on any atom is 0.230 e. The first-order valence-electron chi connectivity index (χ1n) is 6.64. The molecule has 0 aliphatic heterocycles. The standard InChI is InChI=1S/C15H22Cl2N2O/c1-10(2)19(14(20)15(3,4)9-18)8-11-5-6-12(16)13(17)7-11/h5-7,10H,8-9,18H2,1-4H3. The van der Waals surface area contributed by atoms with Crippen LogP contribution >= 0.6 is 23.2 Å². The van der Waals surface area contributed by atoms with E-state index < -0.39 is 5.41 Å². The fourth-order valence-electron chi connectivity index (χ4n) is 1.80. The zero-order chi connectivity index (χ0) is 15.5. The largest absolute Gasteiger partial charge is 0.335 e. The van der Waals surface area contributed by atoms with E-state index in [0.29, 0.717) is 23.1 Å². The molecule has 2 N–H and O–H groups in total. The van der Waals surface area contributed by atoms with Crippen LogP contribution < -0.4 is 5.73 Å². The third-order valence-electron chi connectivity index (χ3n) is 3.31. The number of hydrogen-bond acceptors (Lipinski definition) is 2. The topological polar surface area (TPSA) is 46.3 Å². The molecule has 0 aromatic heterocycles. The third kappa shape index (κ3) is 4.11. The second kappa shape index (κ2) is 6.79. The summed E-state index contributed by atoms with van der Waals surface area (Å²) in [5.74, 6) is 0.0427. The van der Waals surface area contributed by atoms with Crippen LogP contribution in [0.4, 0.5) is 0 Å². The summed E-state index contributed by atoms with van der Waals surface area (Å²) < 4.78 is 0. The van der Waals surface area contributed by atoms with E-state index in [4.69, 9.17) is 28.9 Å². The molecule has 3 nitrogen and oxygen atoms in total. The molecule has 0 bridgehead atoms. The fraction of sp³-hybridized carbons (Fsp3) is 0.533. The molecule has 20 heavy (non-hydrogen) atoms. The Morgan fingerprint density at radius 2 is 1.90 bits per heavy atom. The number of halogens is 2. The van der Waals surface area contributed by atoms with Crippen molar-refractivity contribution < 1.29 is 4.79 Å². The molecule has 0 unspecified atom stereocenters. The van der Waals surface area contributed by atoms with Gasteiger partial charge in [0.1, 0.15) is 0 Å². The van der Waals surface area contributed by atoms with Crippen LogP contribution in [0, 0.1) is 5.41 Å². The summed E-state index contributed by atoms with van der Waals surface area (Å²) in [7, 11) is 0. The van der Waals surface area contributed by atoms with E-state index in [-0.39, 0.29) is 11.9 Å². The highest BCUT2D eigenvalue weighted by molar-refractivity contribution is 6.42. The minimum atomic E-state index is -0.569. The van der Waals surface area contributed by atoms with Gasteiger partial charge < -0.3 is 10.6 Å². The number of benzene rings is 1. The van der Waals surface area contributed by atoms with Gasteiger partial charge in [-0.2, -0.15) is 0 Å². The molecule has 0 aliphatic carbocycles. The van der Waals surface area contributed by atoms with Crippen LogP contribution in [0.2, 0.25) is 10.0 Å². The van der Waals surface area contributed by atoms with Crippen LogP contribution in [0.5, 0.6) is 0 Å². The normalized spacial score (nSPS) is 11.8. The molecule has 112 valence electrons. The molecule has 0 saturated heterocycles. The summed E-state index contributed by atoms with van der Waals surface area (Å²) in [5.41, 5.74) is 6.08. The monoisotopic (exact) mass is 316 g/mol. The van der Waals surface area contributed by atoms with E-state index in [9.17, 15) is 4.79 Å². The summed E-state index contributed by atoms with van der Waals surface area (Å²) in [4.78, 5) is 14.4. The van der Waals surface area contributed by atoms with E-state index in [2.05, 4.69) is 0 Å². The Morgan fingerprint density at radius 1 is 1.30 bits per heavy atom. The second-order valence-electron chi connectivity index (χ2n) is 5.86. The van der Waals surface area contributed by atoms with Crippen molar-refractivity contribution in [2.24, 2.45) is 11.1 Å². The van der Waals surface area contributed by atoms with Gasteiger partial charge in [-0.3, -0.25) is 4.79 Å². The number of hydrogen-bond donors (Lipinski definition) is 1. The average molecular weight is 317 g/mol. The lowest BCUT2D eigenvalue weighted by atomic mass is 9.91. The molecule has 0 spiro atoms. The van der Waals surface area contributed by atoms with E-state index >= 15 is 0 Å². The average Bonchev–Trinajstić information content (AvgIpc) is 2.38. The van der Waals surface area contributed by atoms with Crippen molar-refractivity contribution >= 4 is 29.1 Å². The highest BCUT2D eigenvalue weighted by atomic mass is 35.5. The van der Waals surface area contributed by atoms with Gasteiger partial charge in [0.2, 0.25) is 5.91 Å². The molecular formula is C15H22Cl2N2O. The van der Waals surface area contributed by atoms with Crippen molar-refractivity contribution in [3.05, 3.63) is 33.8 Å². The molecule has 1 amide bonds. The summed E-state index contributed by atoms with van der Waals surface area (Å²) in [6.45, 7) is 8.51. The summed E-state index contributed by atoms with van der Waals surface area (Å²) in [5, 5.41) is 1.01. The van der Waals surface area contributed by atoms with Gasteiger partial charge in [0, 0.05) is 19.1 Å². The molecule has 0 heterocycles. The van der Waals surface area contributed by atoms with E-state index in [0.717, 1.165) is 5.56 Å². The maximum absolute atomic E-state index is 12.6. The summed E-state index contributed by atoms with van der Waals surface area (Å²) >= 11 is 11.9. The molecule has 1 aromatic carbocycles. The lowest BCUT2D eigenvalue weighted by Gasteiger charge is -2.34. The van der Waals surface area contributed by atoms with E-state index in [1.54, 1.807) is 12.1 Å². The van der Waals surface area contributed by atoms with Crippen LogP contribution in [0.25, 0.3) is 0 Å². The first-order chi connectivity index (χ1) is 9.19. The Balaban J connectivity index is 2.98. The molecule has 0 atom stereocenters. The number of carbonyl (C=O) groups is 1. The third-order valence-corrected chi connectivity index (χ3v) is 4.05. The van der Waals surface area contributed by atoms with Gasteiger partial charge in [-0.05, 0) is 45.4 Å². The van der Waals surface area contributed by atoms with Crippen LogP contribution in [-0.4, -0.2) is 23.4 Å². The van der Waals surface area contributed by atoms with Crippen LogP contribution in [0.3, 0.4) is 0 Å². The molecule has 0 radical (unpaired) electrons. The van der Waals surface area contributed by atoms with E-state index in [1.165, 1.54) is 0 Å². The Morgan fingerprint density at radius 3 is 2.35 bits per heavy atom. The van der Waals surface area contributed by atoms with Gasteiger partial charge in [-0.25, -0.2) is 0 Å². The predicted octanol–water partition coefficient (Wildman–Crippen LogP) is 3.72. The van der Waals surface area contributed by atoms with Gasteiger partial charge in [0.05, 0.1) is 15.5 Å². The highest BCUT2D eigenvalue weighted by Gasteiger charge is 2.32. The molecule has 1 aromatic rings. The Kier molecular flexibility index (Phi) is 5.87. The summed E-state index contributed by atoms with van der Waals surface area (Å²) in [6, 6.07) is 5.51. The second-order valence-corrected chi connectivity index (χ2v) is 6.68. The lowest BCUT2D eigenvalue weighted by molar-refractivity contribution is -0.142. The van der Waals surface area contributed by atoms with Gasteiger partial charge >= 0.3 is 0 Å². The number of rotatable bonds is 5. The van der Waals surface area contributed by atoms with Crippen molar-refractivity contribution in [1.82, 2.24) is 4.90 Å². The number of nitrogens with zero attached hydrogens (tertiary/aromatic N) is 1. The van der Waals surface area contributed by atoms with E-state index in [1.807, 2.05) is 38.7 Å². The molecule has 1 rings (SSSR count). The van der Waals surface area contributed by atoms with Gasteiger partial charge in [0.25, 0.3) is 0 Å².